The lowest BCUT2D eigenvalue weighted by molar-refractivity contribution is -0.193. The van der Waals surface area contributed by atoms with Crippen molar-refractivity contribution < 1.29 is 14.6 Å². The molecule has 1 atom stereocenters. The molecule has 0 aromatic carbocycles. The van der Waals surface area contributed by atoms with Crippen molar-refractivity contribution in [2.75, 3.05) is 13.2 Å². The fourth-order valence-electron chi connectivity index (χ4n) is 2.30. The zero-order valence-electron chi connectivity index (χ0n) is 9.95. The predicted molar refractivity (Wildman–Crippen MR) is 59.6 cm³/mol. The Morgan fingerprint density at radius 3 is 2.13 bits per heavy atom. The van der Waals surface area contributed by atoms with E-state index in [1.54, 1.807) is 0 Å². The molecule has 1 aliphatic rings. The second kappa shape index (κ2) is 7.20. The van der Waals surface area contributed by atoms with E-state index in [9.17, 15) is 5.11 Å². The minimum atomic E-state index is -0.465. The van der Waals surface area contributed by atoms with Gasteiger partial charge >= 0.3 is 0 Å². The molecule has 0 radical (unpaired) electrons. The van der Waals surface area contributed by atoms with Gasteiger partial charge in [-0.1, -0.05) is 25.7 Å². The van der Waals surface area contributed by atoms with Gasteiger partial charge in [0.1, 0.15) is 6.10 Å². The second-order valence-corrected chi connectivity index (χ2v) is 4.23. The minimum absolute atomic E-state index is 0.430. The summed E-state index contributed by atoms with van der Waals surface area (Å²) in [5.74, 6) is 0.670. The Bertz CT molecular complexity index is 149. The van der Waals surface area contributed by atoms with E-state index in [1.807, 2.05) is 13.8 Å². The third-order valence-electron chi connectivity index (χ3n) is 3.03. The summed E-state index contributed by atoms with van der Waals surface area (Å²) in [7, 11) is 0. The van der Waals surface area contributed by atoms with Gasteiger partial charge in [0.05, 0.1) is 0 Å². The van der Waals surface area contributed by atoms with E-state index in [-0.39, 0.29) is 0 Å². The molecular formula is C12H24O3. The van der Waals surface area contributed by atoms with Crippen molar-refractivity contribution in [1.82, 2.24) is 0 Å². The first-order chi connectivity index (χ1) is 7.27. The summed E-state index contributed by atoms with van der Waals surface area (Å²) in [4.78, 5) is 0. The number of hydrogen-bond acceptors (Lipinski definition) is 3. The Morgan fingerprint density at radius 1 is 1.13 bits per heavy atom. The molecule has 1 aliphatic carbocycles. The maximum Gasteiger partial charge on any atom is 0.183 e. The molecule has 1 unspecified atom stereocenters. The predicted octanol–water partition coefficient (Wildman–Crippen LogP) is 2.33. The quantitative estimate of drug-likeness (QED) is 0.664. The molecule has 90 valence electrons. The number of aliphatic hydroxyl groups excluding tert-OH is 1. The van der Waals surface area contributed by atoms with Crippen LogP contribution in [0.25, 0.3) is 0 Å². The van der Waals surface area contributed by atoms with Gasteiger partial charge < -0.3 is 14.6 Å². The Labute approximate surface area is 92.8 Å². The minimum Gasteiger partial charge on any atom is -0.388 e. The molecule has 0 bridgehead atoms. The van der Waals surface area contributed by atoms with Crippen molar-refractivity contribution in [3.8, 4) is 0 Å². The fourth-order valence-corrected chi connectivity index (χ4v) is 2.30. The van der Waals surface area contributed by atoms with Crippen molar-refractivity contribution in [2.45, 2.75) is 58.3 Å². The molecule has 0 amide bonds. The van der Waals surface area contributed by atoms with E-state index in [0.717, 1.165) is 6.42 Å². The summed E-state index contributed by atoms with van der Waals surface area (Å²) in [6, 6.07) is 0. The van der Waals surface area contributed by atoms with Gasteiger partial charge in [0, 0.05) is 13.2 Å². The summed E-state index contributed by atoms with van der Waals surface area (Å²) < 4.78 is 10.8. The summed E-state index contributed by atoms with van der Waals surface area (Å²) in [6.07, 6.45) is 5.05. The van der Waals surface area contributed by atoms with Crippen LogP contribution in [0.1, 0.15) is 46.0 Å². The molecule has 1 rings (SSSR count). The summed E-state index contributed by atoms with van der Waals surface area (Å²) in [6.45, 7) is 5.03. The first kappa shape index (κ1) is 12.9. The number of rotatable bonds is 7. The average molecular weight is 216 g/mol. The molecule has 0 aromatic heterocycles. The maximum atomic E-state index is 9.98. The molecular weight excluding hydrogens is 192 g/mol. The third-order valence-corrected chi connectivity index (χ3v) is 3.03. The lowest BCUT2D eigenvalue weighted by Gasteiger charge is -2.24. The molecule has 1 saturated carbocycles. The van der Waals surface area contributed by atoms with Crippen molar-refractivity contribution in [1.29, 1.82) is 0 Å². The van der Waals surface area contributed by atoms with E-state index < -0.39 is 12.4 Å². The topological polar surface area (TPSA) is 38.7 Å². The van der Waals surface area contributed by atoms with Crippen LogP contribution in [0.2, 0.25) is 0 Å². The first-order valence-electron chi connectivity index (χ1n) is 6.19. The Balaban J connectivity index is 2.29. The van der Waals surface area contributed by atoms with Gasteiger partial charge in [-0.15, -0.1) is 0 Å². The lowest BCUT2D eigenvalue weighted by atomic mass is 10.00. The summed E-state index contributed by atoms with van der Waals surface area (Å²) >= 11 is 0. The van der Waals surface area contributed by atoms with Crippen molar-refractivity contribution in [2.24, 2.45) is 5.92 Å². The van der Waals surface area contributed by atoms with E-state index in [1.165, 1.54) is 25.7 Å². The monoisotopic (exact) mass is 216 g/mol. The SMILES string of the molecule is CCOC(OCC)C(O)CC1CCCC1. The van der Waals surface area contributed by atoms with E-state index in [0.29, 0.717) is 19.1 Å². The van der Waals surface area contributed by atoms with Crippen LogP contribution in [0.5, 0.6) is 0 Å². The Morgan fingerprint density at radius 2 is 1.67 bits per heavy atom. The molecule has 3 nitrogen and oxygen atoms in total. The molecule has 0 aliphatic heterocycles. The highest BCUT2D eigenvalue weighted by molar-refractivity contribution is 4.72. The standard InChI is InChI=1S/C12H24O3/c1-3-14-12(15-4-2)11(13)9-10-7-5-6-8-10/h10-13H,3-9H2,1-2H3. The highest BCUT2D eigenvalue weighted by Gasteiger charge is 2.25. The van der Waals surface area contributed by atoms with E-state index in [2.05, 4.69) is 0 Å². The smallest absolute Gasteiger partial charge is 0.183 e. The maximum absolute atomic E-state index is 9.98. The van der Waals surface area contributed by atoms with Crippen LogP contribution in [0.15, 0.2) is 0 Å². The van der Waals surface area contributed by atoms with Gasteiger partial charge in [0.15, 0.2) is 6.29 Å². The Hall–Kier alpha value is -0.120. The highest BCUT2D eigenvalue weighted by atomic mass is 16.7. The van der Waals surface area contributed by atoms with E-state index >= 15 is 0 Å². The van der Waals surface area contributed by atoms with Gasteiger partial charge in [-0.3, -0.25) is 0 Å². The van der Waals surface area contributed by atoms with E-state index in [4.69, 9.17) is 9.47 Å². The third kappa shape index (κ3) is 4.49. The van der Waals surface area contributed by atoms with Crippen LogP contribution in [0.3, 0.4) is 0 Å². The van der Waals surface area contributed by atoms with Crippen LogP contribution in [0, 0.1) is 5.92 Å². The number of aliphatic hydroxyl groups is 1. The molecule has 1 N–H and O–H groups in total. The zero-order chi connectivity index (χ0) is 11.1. The van der Waals surface area contributed by atoms with Crippen molar-refractivity contribution in [3.63, 3.8) is 0 Å². The Kier molecular flexibility index (Phi) is 6.22. The second-order valence-electron chi connectivity index (χ2n) is 4.23. The molecule has 0 saturated heterocycles. The van der Waals surface area contributed by atoms with Gasteiger partial charge in [-0.2, -0.15) is 0 Å². The number of ether oxygens (including phenoxy) is 2. The fraction of sp³-hybridized carbons (Fsp3) is 1.00. The van der Waals surface area contributed by atoms with Crippen LogP contribution >= 0.6 is 0 Å². The van der Waals surface area contributed by atoms with Crippen LogP contribution < -0.4 is 0 Å². The summed E-state index contributed by atoms with van der Waals surface area (Å²) in [5, 5.41) is 9.98. The van der Waals surface area contributed by atoms with Crippen LogP contribution in [-0.2, 0) is 9.47 Å². The average Bonchev–Trinajstić information content (AvgIpc) is 2.70. The van der Waals surface area contributed by atoms with Gasteiger partial charge in [-0.05, 0) is 26.2 Å². The van der Waals surface area contributed by atoms with Gasteiger partial charge in [0.2, 0.25) is 0 Å². The van der Waals surface area contributed by atoms with Gasteiger partial charge in [-0.25, -0.2) is 0 Å². The number of hydrogen-bond donors (Lipinski definition) is 1. The van der Waals surface area contributed by atoms with Crippen LogP contribution in [-0.4, -0.2) is 30.7 Å². The molecule has 1 fully saturated rings. The van der Waals surface area contributed by atoms with Gasteiger partial charge in [0.25, 0.3) is 0 Å². The molecule has 0 spiro atoms. The molecule has 15 heavy (non-hydrogen) atoms. The van der Waals surface area contributed by atoms with Crippen molar-refractivity contribution >= 4 is 0 Å². The molecule has 0 heterocycles. The first-order valence-corrected chi connectivity index (χ1v) is 6.19. The normalized spacial score (nSPS) is 20.0. The van der Waals surface area contributed by atoms with Crippen LogP contribution in [0.4, 0.5) is 0 Å². The molecule has 3 heteroatoms. The van der Waals surface area contributed by atoms with Crippen molar-refractivity contribution in [3.05, 3.63) is 0 Å². The highest BCUT2D eigenvalue weighted by Crippen LogP contribution is 2.29. The lowest BCUT2D eigenvalue weighted by Crippen LogP contribution is -2.33. The summed E-state index contributed by atoms with van der Waals surface area (Å²) in [5.41, 5.74) is 0. The molecule has 0 aromatic rings. The largest absolute Gasteiger partial charge is 0.388 e. The zero-order valence-corrected chi connectivity index (χ0v) is 9.95.